The number of carbonyl (C=O) groups is 1. The van der Waals surface area contributed by atoms with Crippen molar-refractivity contribution in [3.63, 3.8) is 0 Å². The number of fused-ring (bicyclic) bond motifs is 3. The fourth-order valence-corrected chi connectivity index (χ4v) is 9.15. The number of para-hydroxylation sites is 2. The molecule has 0 spiro atoms. The molecule has 2 aromatic heterocycles. The Morgan fingerprint density at radius 1 is 0.976 bits per heavy atom. The maximum absolute atomic E-state index is 13.5. The van der Waals surface area contributed by atoms with Gasteiger partial charge in [-0.3, -0.25) is 9.69 Å². The number of nitrogens with zero attached hydrogens (tertiary/aromatic N) is 4. The number of hydrogen-bond donors (Lipinski definition) is 1. The van der Waals surface area contributed by atoms with E-state index in [0.717, 1.165) is 37.1 Å². The van der Waals surface area contributed by atoms with E-state index in [1.54, 1.807) is 6.92 Å². The summed E-state index contributed by atoms with van der Waals surface area (Å²) in [6.45, 7) is 6.26. The molecule has 1 amide bonds. The van der Waals surface area contributed by atoms with Gasteiger partial charge in [-0.25, -0.2) is 4.98 Å². The molecule has 4 aromatic rings. The third-order valence-corrected chi connectivity index (χ3v) is 11.7. The van der Waals surface area contributed by atoms with Crippen LogP contribution in [0.3, 0.4) is 0 Å². The van der Waals surface area contributed by atoms with Gasteiger partial charge in [0.25, 0.3) is 5.91 Å². The first-order valence-electron chi connectivity index (χ1n) is 15.7. The summed E-state index contributed by atoms with van der Waals surface area (Å²) in [6, 6.07) is 25.1. The number of rotatable bonds is 7. The van der Waals surface area contributed by atoms with E-state index in [1.807, 2.05) is 22.4 Å². The van der Waals surface area contributed by atoms with Crippen molar-refractivity contribution in [2.24, 2.45) is 0 Å². The average Bonchev–Trinajstić information content (AvgIpc) is 3.73. The molecule has 3 atom stereocenters. The Morgan fingerprint density at radius 2 is 1.67 bits per heavy atom. The number of piperidine rings is 2. The highest BCUT2D eigenvalue weighted by Crippen LogP contribution is 2.45. The summed E-state index contributed by atoms with van der Waals surface area (Å²) >= 11 is 1.44. The molecule has 3 aliphatic heterocycles. The molecule has 2 aromatic carbocycles. The lowest BCUT2D eigenvalue weighted by Gasteiger charge is -2.46. The number of aromatic nitrogens is 2. The van der Waals surface area contributed by atoms with Crippen LogP contribution in [0.4, 0.5) is 0 Å². The minimum absolute atomic E-state index is 0.0419. The lowest BCUT2D eigenvalue weighted by Crippen LogP contribution is -2.52. The van der Waals surface area contributed by atoms with Crippen LogP contribution < -0.4 is 0 Å². The van der Waals surface area contributed by atoms with Crippen LogP contribution in [0.15, 0.2) is 72.1 Å². The Balaban J connectivity index is 1.06. The van der Waals surface area contributed by atoms with E-state index in [1.165, 1.54) is 48.1 Å². The highest BCUT2D eigenvalue weighted by Gasteiger charge is 2.45. The van der Waals surface area contributed by atoms with Gasteiger partial charge in [0.2, 0.25) is 0 Å². The molecular weight excluding hydrogens is 540 g/mol. The van der Waals surface area contributed by atoms with Crippen molar-refractivity contribution in [2.45, 2.75) is 87.9 Å². The number of amides is 1. The zero-order valence-corrected chi connectivity index (χ0v) is 25.6. The largest absolute Gasteiger partial charge is 0.375 e. The Morgan fingerprint density at radius 3 is 2.36 bits per heavy atom. The zero-order chi connectivity index (χ0) is 28.9. The number of aryl methyl sites for hydroxylation is 1. The smallest absolute Gasteiger partial charge is 0.259 e. The minimum atomic E-state index is -1.47. The van der Waals surface area contributed by atoms with E-state index < -0.39 is 5.60 Å². The van der Waals surface area contributed by atoms with Crippen molar-refractivity contribution >= 4 is 28.3 Å². The highest BCUT2D eigenvalue weighted by atomic mass is 32.1. The lowest BCUT2D eigenvalue weighted by molar-refractivity contribution is -0.152. The first-order valence-corrected chi connectivity index (χ1v) is 16.5. The van der Waals surface area contributed by atoms with Gasteiger partial charge in [0.15, 0.2) is 5.60 Å². The monoisotopic (exact) mass is 582 g/mol. The molecule has 5 heterocycles. The highest BCUT2D eigenvalue weighted by molar-refractivity contribution is 7.10. The fourth-order valence-electron chi connectivity index (χ4n) is 8.37. The Kier molecular flexibility index (Phi) is 7.24. The van der Waals surface area contributed by atoms with Crippen LogP contribution in [0, 0.1) is 6.92 Å². The van der Waals surface area contributed by atoms with Gasteiger partial charge in [0.05, 0.1) is 11.0 Å². The molecule has 0 radical (unpaired) electrons. The molecule has 0 aliphatic carbocycles. The lowest BCUT2D eigenvalue weighted by atomic mass is 9.70. The summed E-state index contributed by atoms with van der Waals surface area (Å²) in [5.41, 5.74) is 2.35. The van der Waals surface area contributed by atoms with Gasteiger partial charge in [-0.05, 0) is 99.9 Å². The summed E-state index contributed by atoms with van der Waals surface area (Å²) < 4.78 is 2.52. The number of likely N-dealkylation sites (tertiary alicyclic amines) is 1. The first-order chi connectivity index (χ1) is 20.4. The number of carbonyl (C=O) groups excluding carboxylic acids is 1. The van der Waals surface area contributed by atoms with E-state index in [-0.39, 0.29) is 11.3 Å². The molecule has 6 nitrogen and oxygen atoms in total. The van der Waals surface area contributed by atoms with Gasteiger partial charge in [-0.1, -0.05) is 48.5 Å². The van der Waals surface area contributed by atoms with Crippen LogP contribution in [-0.4, -0.2) is 62.1 Å². The minimum Gasteiger partial charge on any atom is -0.375 e. The second-order valence-electron chi connectivity index (χ2n) is 13.0. The quantitative estimate of drug-likeness (QED) is 0.273. The Hall–Kier alpha value is -3.00. The van der Waals surface area contributed by atoms with E-state index in [2.05, 4.69) is 71.0 Å². The fraction of sp³-hybridized carbons (Fsp3) is 0.486. The van der Waals surface area contributed by atoms with Crippen molar-refractivity contribution in [1.82, 2.24) is 19.4 Å². The van der Waals surface area contributed by atoms with Crippen LogP contribution in [0.1, 0.15) is 74.2 Å². The molecule has 3 saturated heterocycles. The van der Waals surface area contributed by atoms with Gasteiger partial charge in [-0.15, -0.1) is 11.3 Å². The zero-order valence-electron chi connectivity index (χ0n) is 24.8. The van der Waals surface area contributed by atoms with Crippen molar-refractivity contribution in [3.8, 4) is 0 Å². The number of imidazole rings is 1. The summed E-state index contributed by atoms with van der Waals surface area (Å²) in [7, 11) is 0. The van der Waals surface area contributed by atoms with Crippen molar-refractivity contribution in [3.05, 3.63) is 88.4 Å². The molecule has 7 heteroatoms. The van der Waals surface area contributed by atoms with Crippen molar-refractivity contribution < 1.29 is 9.90 Å². The van der Waals surface area contributed by atoms with E-state index in [9.17, 15) is 9.90 Å². The molecule has 3 unspecified atom stereocenters. The Bertz CT molecular complexity index is 1520. The second-order valence-corrected chi connectivity index (χ2v) is 14.0. The number of aliphatic hydroxyl groups is 1. The predicted molar refractivity (Wildman–Crippen MR) is 169 cm³/mol. The first kappa shape index (κ1) is 27.8. The summed E-state index contributed by atoms with van der Waals surface area (Å²) in [5.74, 6) is 0.963. The topological polar surface area (TPSA) is 61.6 Å². The summed E-state index contributed by atoms with van der Waals surface area (Å²) in [4.78, 5) is 23.8. The molecule has 220 valence electrons. The molecule has 0 saturated carbocycles. The van der Waals surface area contributed by atoms with Gasteiger partial charge in [-0.2, -0.15) is 0 Å². The number of thiophene rings is 1. The number of benzene rings is 2. The SMILES string of the molecule is Cc1nc2ccccc2n1C1CC2CCC(C1)N2CCC1(c2ccccc2)CCN(C(=O)C(C)(O)c2cccs2)CC1. The maximum atomic E-state index is 13.5. The van der Waals surface area contributed by atoms with Crippen LogP contribution in [-0.2, 0) is 15.8 Å². The molecular formula is C35H42N4O2S. The van der Waals surface area contributed by atoms with Crippen molar-refractivity contribution in [1.29, 1.82) is 0 Å². The van der Waals surface area contributed by atoms with Crippen molar-refractivity contribution in [2.75, 3.05) is 19.6 Å². The van der Waals surface area contributed by atoms with E-state index in [0.29, 0.717) is 36.1 Å². The average molecular weight is 583 g/mol. The standard InChI is InChI=1S/C35H42N4O2S/c1-25-36-30-11-6-7-12-31(30)39(25)29-23-27-14-15-28(24-29)38(27)21-18-35(26-9-4-3-5-10-26)16-19-37(20-17-35)33(40)34(2,41)32-13-8-22-42-32/h3-13,22,27-29,41H,14-21,23-24H2,1-2H3. The van der Waals surface area contributed by atoms with E-state index >= 15 is 0 Å². The van der Waals surface area contributed by atoms with Gasteiger partial charge >= 0.3 is 0 Å². The second kappa shape index (κ2) is 10.9. The van der Waals surface area contributed by atoms with Crippen LogP contribution >= 0.6 is 11.3 Å². The maximum Gasteiger partial charge on any atom is 0.259 e. The van der Waals surface area contributed by atoms with Crippen LogP contribution in [0.5, 0.6) is 0 Å². The van der Waals surface area contributed by atoms with Gasteiger partial charge in [0, 0.05) is 36.1 Å². The van der Waals surface area contributed by atoms with E-state index in [4.69, 9.17) is 4.98 Å². The molecule has 2 bridgehead atoms. The number of hydrogen-bond acceptors (Lipinski definition) is 5. The molecule has 42 heavy (non-hydrogen) atoms. The third-order valence-electron chi connectivity index (χ3n) is 10.7. The predicted octanol–water partition coefficient (Wildman–Crippen LogP) is 6.43. The van der Waals surface area contributed by atoms with Gasteiger partial charge < -0.3 is 14.6 Å². The summed E-state index contributed by atoms with van der Waals surface area (Å²) in [6.07, 6.45) is 7.90. The normalized spacial score (nSPS) is 25.5. The molecule has 3 aliphatic rings. The van der Waals surface area contributed by atoms with Gasteiger partial charge in [0.1, 0.15) is 5.82 Å². The van der Waals surface area contributed by atoms with Crippen LogP contribution in [0.25, 0.3) is 11.0 Å². The van der Waals surface area contributed by atoms with Crippen LogP contribution in [0.2, 0.25) is 0 Å². The molecule has 7 rings (SSSR count). The molecule has 1 N–H and O–H groups in total. The summed E-state index contributed by atoms with van der Waals surface area (Å²) in [5, 5.41) is 13.1. The Labute approximate surface area is 253 Å². The third kappa shape index (κ3) is 4.80. The molecule has 3 fully saturated rings.